The molecule has 0 saturated heterocycles. The summed E-state index contributed by atoms with van der Waals surface area (Å²) < 4.78 is 0. The standard InChI is InChI=1S/C9H17NO3/c1-4-5-8(11)10-7(3)6(2)9(12)13/h6-7H,4-5H2,1-3H3,(H,10,11)(H,12,13). The zero-order valence-electron chi connectivity index (χ0n) is 8.33. The molecule has 0 aliphatic carbocycles. The smallest absolute Gasteiger partial charge is 0.308 e. The van der Waals surface area contributed by atoms with E-state index >= 15 is 0 Å². The van der Waals surface area contributed by atoms with E-state index in [1.54, 1.807) is 13.8 Å². The first-order chi connectivity index (χ1) is 5.99. The molecule has 0 aliphatic heterocycles. The quantitative estimate of drug-likeness (QED) is 0.675. The summed E-state index contributed by atoms with van der Waals surface area (Å²) in [6.07, 6.45) is 1.23. The second-order valence-corrected chi connectivity index (χ2v) is 3.23. The van der Waals surface area contributed by atoms with Gasteiger partial charge in [-0.3, -0.25) is 9.59 Å². The van der Waals surface area contributed by atoms with Crippen LogP contribution in [0, 0.1) is 5.92 Å². The molecule has 0 bridgehead atoms. The number of carbonyl (C=O) groups excluding carboxylic acids is 1. The topological polar surface area (TPSA) is 66.4 Å². The molecule has 76 valence electrons. The van der Waals surface area contributed by atoms with Crippen molar-refractivity contribution in [2.24, 2.45) is 5.92 Å². The van der Waals surface area contributed by atoms with Gasteiger partial charge in [-0.15, -0.1) is 0 Å². The van der Waals surface area contributed by atoms with Crippen molar-refractivity contribution in [2.45, 2.75) is 39.7 Å². The Hall–Kier alpha value is -1.06. The molecule has 0 aromatic heterocycles. The number of aliphatic carboxylic acids is 1. The van der Waals surface area contributed by atoms with Gasteiger partial charge in [0.2, 0.25) is 5.91 Å². The Labute approximate surface area is 78.3 Å². The molecule has 2 N–H and O–H groups in total. The minimum atomic E-state index is -0.885. The number of hydrogen-bond donors (Lipinski definition) is 2. The molecule has 0 spiro atoms. The van der Waals surface area contributed by atoms with Crippen LogP contribution in [-0.2, 0) is 9.59 Å². The summed E-state index contributed by atoms with van der Waals surface area (Å²) in [6.45, 7) is 5.19. The van der Waals surface area contributed by atoms with E-state index in [1.807, 2.05) is 6.92 Å². The van der Waals surface area contributed by atoms with Crippen molar-refractivity contribution in [1.29, 1.82) is 0 Å². The fourth-order valence-corrected chi connectivity index (χ4v) is 0.892. The van der Waals surface area contributed by atoms with Gasteiger partial charge < -0.3 is 10.4 Å². The van der Waals surface area contributed by atoms with Crippen LogP contribution in [0.25, 0.3) is 0 Å². The van der Waals surface area contributed by atoms with Crippen molar-refractivity contribution in [3.63, 3.8) is 0 Å². The van der Waals surface area contributed by atoms with E-state index in [1.165, 1.54) is 0 Å². The number of hydrogen-bond acceptors (Lipinski definition) is 2. The number of carboxylic acids is 1. The van der Waals surface area contributed by atoms with Crippen LogP contribution in [0.4, 0.5) is 0 Å². The van der Waals surface area contributed by atoms with Gasteiger partial charge in [-0.2, -0.15) is 0 Å². The highest BCUT2D eigenvalue weighted by atomic mass is 16.4. The Bertz CT molecular complexity index is 191. The van der Waals surface area contributed by atoms with Gasteiger partial charge >= 0.3 is 5.97 Å². The minimum absolute atomic E-state index is 0.0805. The summed E-state index contributed by atoms with van der Waals surface area (Å²) in [7, 11) is 0. The molecule has 2 atom stereocenters. The summed E-state index contributed by atoms with van der Waals surface area (Å²) in [6, 6.07) is -0.309. The van der Waals surface area contributed by atoms with E-state index in [0.717, 1.165) is 6.42 Å². The highest BCUT2D eigenvalue weighted by Gasteiger charge is 2.20. The maximum absolute atomic E-state index is 11.1. The average Bonchev–Trinajstić information content (AvgIpc) is 2.03. The predicted octanol–water partition coefficient (Wildman–Crippen LogP) is 1.01. The van der Waals surface area contributed by atoms with Crippen LogP contribution >= 0.6 is 0 Å². The second kappa shape index (κ2) is 5.56. The fourth-order valence-electron chi connectivity index (χ4n) is 0.892. The Morgan fingerprint density at radius 1 is 1.38 bits per heavy atom. The van der Waals surface area contributed by atoms with E-state index in [-0.39, 0.29) is 11.9 Å². The summed E-state index contributed by atoms with van der Waals surface area (Å²) in [4.78, 5) is 21.6. The molecule has 0 aliphatic rings. The number of carbonyl (C=O) groups is 2. The first kappa shape index (κ1) is 11.9. The molecule has 0 saturated carbocycles. The highest BCUT2D eigenvalue weighted by molar-refractivity contribution is 5.77. The van der Waals surface area contributed by atoms with Crippen LogP contribution in [0.3, 0.4) is 0 Å². The summed E-state index contributed by atoms with van der Waals surface area (Å²) in [5, 5.41) is 11.3. The van der Waals surface area contributed by atoms with Crippen LogP contribution in [0.15, 0.2) is 0 Å². The molecule has 0 radical (unpaired) electrons. The molecule has 1 amide bonds. The van der Waals surface area contributed by atoms with Gasteiger partial charge in [0.15, 0.2) is 0 Å². The normalized spacial score (nSPS) is 14.7. The SMILES string of the molecule is CCCC(=O)NC(C)C(C)C(=O)O. The van der Waals surface area contributed by atoms with E-state index in [2.05, 4.69) is 5.32 Å². The van der Waals surface area contributed by atoms with E-state index < -0.39 is 11.9 Å². The third kappa shape index (κ3) is 4.50. The maximum Gasteiger partial charge on any atom is 0.308 e. The van der Waals surface area contributed by atoms with Gasteiger partial charge in [0, 0.05) is 12.5 Å². The third-order valence-electron chi connectivity index (χ3n) is 2.01. The van der Waals surface area contributed by atoms with Gasteiger partial charge in [0.1, 0.15) is 0 Å². The average molecular weight is 187 g/mol. The van der Waals surface area contributed by atoms with Crippen LogP contribution in [-0.4, -0.2) is 23.0 Å². The van der Waals surface area contributed by atoms with E-state index in [9.17, 15) is 9.59 Å². The van der Waals surface area contributed by atoms with Crippen LogP contribution in [0.2, 0.25) is 0 Å². The monoisotopic (exact) mass is 187 g/mol. The number of nitrogens with one attached hydrogen (secondary N) is 1. The van der Waals surface area contributed by atoms with Crippen LogP contribution in [0.5, 0.6) is 0 Å². The number of carboxylic acid groups (broad SMARTS) is 1. The molecular formula is C9H17NO3. The van der Waals surface area contributed by atoms with Gasteiger partial charge in [0.25, 0.3) is 0 Å². The van der Waals surface area contributed by atoms with Crippen molar-refractivity contribution in [1.82, 2.24) is 5.32 Å². The molecule has 0 aromatic carbocycles. The van der Waals surface area contributed by atoms with E-state index in [0.29, 0.717) is 6.42 Å². The lowest BCUT2D eigenvalue weighted by atomic mass is 10.0. The molecule has 4 nitrogen and oxygen atoms in total. The first-order valence-electron chi connectivity index (χ1n) is 4.51. The summed E-state index contributed by atoms with van der Waals surface area (Å²) in [5.74, 6) is -1.51. The Morgan fingerprint density at radius 2 is 1.92 bits per heavy atom. The second-order valence-electron chi connectivity index (χ2n) is 3.23. The lowest BCUT2D eigenvalue weighted by Crippen LogP contribution is -2.39. The Balaban J connectivity index is 3.92. The predicted molar refractivity (Wildman–Crippen MR) is 49.3 cm³/mol. The Morgan fingerprint density at radius 3 is 2.31 bits per heavy atom. The summed E-state index contributed by atoms with van der Waals surface area (Å²) >= 11 is 0. The lowest BCUT2D eigenvalue weighted by Gasteiger charge is -2.17. The van der Waals surface area contributed by atoms with Crippen molar-refractivity contribution in [3.05, 3.63) is 0 Å². The fraction of sp³-hybridized carbons (Fsp3) is 0.778. The van der Waals surface area contributed by atoms with Crippen LogP contribution in [0.1, 0.15) is 33.6 Å². The largest absolute Gasteiger partial charge is 0.481 e. The van der Waals surface area contributed by atoms with Gasteiger partial charge in [-0.05, 0) is 20.3 Å². The van der Waals surface area contributed by atoms with Gasteiger partial charge in [0.05, 0.1) is 5.92 Å². The lowest BCUT2D eigenvalue weighted by molar-refractivity contribution is -0.142. The van der Waals surface area contributed by atoms with Gasteiger partial charge in [-0.1, -0.05) is 6.92 Å². The zero-order chi connectivity index (χ0) is 10.4. The maximum atomic E-state index is 11.1. The van der Waals surface area contributed by atoms with Gasteiger partial charge in [-0.25, -0.2) is 0 Å². The summed E-state index contributed by atoms with van der Waals surface area (Å²) in [5.41, 5.74) is 0. The molecule has 13 heavy (non-hydrogen) atoms. The molecule has 0 fully saturated rings. The van der Waals surface area contributed by atoms with Crippen molar-refractivity contribution < 1.29 is 14.7 Å². The minimum Gasteiger partial charge on any atom is -0.481 e. The number of amides is 1. The number of rotatable bonds is 5. The van der Waals surface area contributed by atoms with Crippen molar-refractivity contribution in [3.8, 4) is 0 Å². The van der Waals surface area contributed by atoms with Crippen molar-refractivity contribution >= 4 is 11.9 Å². The molecule has 0 heterocycles. The molecule has 0 rings (SSSR count). The zero-order valence-corrected chi connectivity index (χ0v) is 8.33. The Kier molecular flexibility index (Phi) is 5.11. The van der Waals surface area contributed by atoms with Crippen LogP contribution < -0.4 is 5.32 Å². The first-order valence-corrected chi connectivity index (χ1v) is 4.51. The molecule has 2 unspecified atom stereocenters. The molecular weight excluding hydrogens is 170 g/mol. The van der Waals surface area contributed by atoms with E-state index in [4.69, 9.17) is 5.11 Å². The molecule has 4 heteroatoms. The third-order valence-corrected chi connectivity index (χ3v) is 2.01. The highest BCUT2D eigenvalue weighted by Crippen LogP contribution is 2.02. The molecule has 0 aromatic rings. The van der Waals surface area contributed by atoms with Crippen molar-refractivity contribution in [2.75, 3.05) is 0 Å².